The van der Waals surface area contributed by atoms with Crippen LogP contribution in [0.25, 0.3) is 0 Å². The van der Waals surface area contributed by atoms with Gasteiger partial charge >= 0.3 is 0 Å². The summed E-state index contributed by atoms with van der Waals surface area (Å²) in [6, 6.07) is 0. The maximum absolute atomic E-state index is 12.4. The van der Waals surface area contributed by atoms with Crippen LogP contribution in [0.5, 0.6) is 0 Å². The van der Waals surface area contributed by atoms with Crippen LogP contribution in [0.2, 0.25) is 0 Å². The van der Waals surface area contributed by atoms with Gasteiger partial charge in [-0.1, -0.05) is 13.8 Å². The summed E-state index contributed by atoms with van der Waals surface area (Å²) in [5.74, 6) is 2.45. The van der Waals surface area contributed by atoms with E-state index in [2.05, 4.69) is 13.8 Å². The third-order valence-electron chi connectivity index (χ3n) is 8.81. The summed E-state index contributed by atoms with van der Waals surface area (Å²) >= 11 is 0. The van der Waals surface area contributed by atoms with Gasteiger partial charge in [-0.15, -0.1) is 0 Å². The fourth-order valence-corrected chi connectivity index (χ4v) is 7.35. The van der Waals surface area contributed by atoms with Crippen molar-refractivity contribution in [1.29, 1.82) is 0 Å². The van der Waals surface area contributed by atoms with Crippen molar-refractivity contribution in [3.63, 3.8) is 0 Å². The lowest BCUT2D eigenvalue weighted by atomic mass is 9.40. The van der Waals surface area contributed by atoms with Gasteiger partial charge in [0.15, 0.2) is 0 Å². The Hall–Kier alpha value is -0.700. The number of fused-ring (bicyclic) bond motifs is 5. The molecule has 3 heteroatoms. The van der Waals surface area contributed by atoms with E-state index in [1.807, 2.05) is 0 Å². The Morgan fingerprint density at radius 1 is 1.00 bits per heavy atom. The van der Waals surface area contributed by atoms with Crippen LogP contribution < -0.4 is 0 Å². The van der Waals surface area contributed by atoms with E-state index in [1.54, 1.807) is 0 Å². The van der Waals surface area contributed by atoms with Crippen LogP contribution in [-0.4, -0.2) is 23.3 Å². The molecular formula is C20H30O3. The average molecular weight is 318 g/mol. The van der Waals surface area contributed by atoms with Crippen LogP contribution in [0.4, 0.5) is 0 Å². The minimum Gasteiger partial charge on any atom is -0.396 e. The van der Waals surface area contributed by atoms with Crippen LogP contribution in [0, 0.1) is 34.0 Å². The van der Waals surface area contributed by atoms with Crippen LogP contribution in [-0.2, 0) is 9.59 Å². The second kappa shape index (κ2) is 4.91. The number of Topliss-reactive ketones (excluding diaryl/α,β-unsaturated/α-hetero) is 2. The van der Waals surface area contributed by atoms with E-state index in [0.29, 0.717) is 42.2 Å². The zero-order valence-electron chi connectivity index (χ0n) is 14.6. The monoisotopic (exact) mass is 318 g/mol. The summed E-state index contributed by atoms with van der Waals surface area (Å²) in [5, 5.41) is 10.4. The molecule has 0 bridgehead atoms. The van der Waals surface area contributed by atoms with E-state index in [-0.39, 0.29) is 22.9 Å². The van der Waals surface area contributed by atoms with Crippen molar-refractivity contribution in [3.8, 4) is 0 Å². The molecule has 0 saturated heterocycles. The molecule has 0 radical (unpaired) electrons. The molecule has 4 aliphatic rings. The molecule has 0 aromatic heterocycles. The second-order valence-corrected chi connectivity index (χ2v) is 9.42. The number of rotatable bonds is 1. The summed E-state index contributed by atoms with van der Waals surface area (Å²) in [4.78, 5) is 24.5. The molecular weight excluding hydrogens is 288 g/mol. The molecule has 4 rings (SSSR count). The lowest BCUT2D eigenvalue weighted by molar-refractivity contribution is -0.181. The van der Waals surface area contributed by atoms with Crippen LogP contribution in [0.15, 0.2) is 0 Å². The van der Waals surface area contributed by atoms with E-state index >= 15 is 0 Å². The molecule has 0 amide bonds. The molecule has 4 saturated carbocycles. The van der Waals surface area contributed by atoms with Gasteiger partial charge in [-0.2, -0.15) is 0 Å². The van der Waals surface area contributed by atoms with Crippen molar-refractivity contribution in [2.75, 3.05) is 6.61 Å². The first kappa shape index (κ1) is 15.8. The van der Waals surface area contributed by atoms with Crippen LogP contribution in [0.1, 0.15) is 71.6 Å². The van der Waals surface area contributed by atoms with Crippen molar-refractivity contribution in [3.05, 3.63) is 0 Å². The Bertz CT molecular complexity index is 555. The van der Waals surface area contributed by atoms with E-state index in [0.717, 1.165) is 44.9 Å². The SMILES string of the molecule is C[C@@]12CC[C@H]3[C@@H](CC[C@]4(C)C(=O)CC[C@H]34)[C@@]1(CO)CCC(=O)C2. The van der Waals surface area contributed by atoms with Crippen LogP contribution >= 0.6 is 0 Å². The molecule has 3 nitrogen and oxygen atoms in total. The summed E-state index contributed by atoms with van der Waals surface area (Å²) in [7, 11) is 0. The Morgan fingerprint density at radius 2 is 1.78 bits per heavy atom. The largest absolute Gasteiger partial charge is 0.396 e. The number of hydrogen-bond donors (Lipinski definition) is 1. The van der Waals surface area contributed by atoms with E-state index in [9.17, 15) is 14.7 Å². The molecule has 4 fully saturated rings. The van der Waals surface area contributed by atoms with Gasteiger partial charge in [0.1, 0.15) is 11.6 Å². The Labute approximate surface area is 139 Å². The smallest absolute Gasteiger partial charge is 0.139 e. The summed E-state index contributed by atoms with van der Waals surface area (Å²) in [6.07, 6.45) is 8.19. The molecule has 6 atom stereocenters. The Kier molecular flexibility index (Phi) is 3.37. The quantitative estimate of drug-likeness (QED) is 0.804. The van der Waals surface area contributed by atoms with Gasteiger partial charge in [0.05, 0.1) is 0 Å². The highest BCUT2D eigenvalue weighted by atomic mass is 16.3. The first-order valence-electron chi connectivity index (χ1n) is 9.52. The average Bonchev–Trinajstić information content (AvgIpc) is 2.82. The normalized spacial score (nSPS) is 52.7. The van der Waals surface area contributed by atoms with Crippen molar-refractivity contribution in [2.45, 2.75) is 71.6 Å². The van der Waals surface area contributed by atoms with Gasteiger partial charge in [-0.3, -0.25) is 9.59 Å². The number of aliphatic hydroxyl groups is 1. The third-order valence-corrected chi connectivity index (χ3v) is 8.81. The van der Waals surface area contributed by atoms with Crippen molar-refractivity contribution < 1.29 is 14.7 Å². The molecule has 0 heterocycles. The van der Waals surface area contributed by atoms with Gasteiger partial charge in [0, 0.05) is 36.7 Å². The van der Waals surface area contributed by atoms with Gasteiger partial charge in [0.25, 0.3) is 0 Å². The van der Waals surface area contributed by atoms with Crippen molar-refractivity contribution >= 4 is 11.6 Å². The minimum atomic E-state index is -0.101. The molecule has 1 N–H and O–H groups in total. The first-order valence-corrected chi connectivity index (χ1v) is 9.52. The zero-order chi connectivity index (χ0) is 16.5. The first-order chi connectivity index (χ1) is 10.9. The highest BCUT2D eigenvalue weighted by Crippen LogP contribution is 2.68. The fourth-order valence-electron chi connectivity index (χ4n) is 7.35. The zero-order valence-corrected chi connectivity index (χ0v) is 14.6. The number of carbonyl (C=O) groups excluding carboxylic acids is 2. The number of carbonyl (C=O) groups is 2. The molecule has 0 unspecified atom stereocenters. The second-order valence-electron chi connectivity index (χ2n) is 9.42. The molecule has 23 heavy (non-hydrogen) atoms. The maximum Gasteiger partial charge on any atom is 0.139 e. The summed E-state index contributed by atoms with van der Waals surface area (Å²) in [5.41, 5.74) is -0.221. The Morgan fingerprint density at radius 3 is 2.52 bits per heavy atom. The summed E-state index contributed by atoms with van der Waals surface area (Å²) < 4.78 is 0. The molecule has 0 aliphatic heterocycles. The summed E-state index contributed by atoms with van der Waals surface area (Å²) in [6.45, 7) is 4.67. The van der Waals surface area contributed by atoms with Crippen molar-refractivity contribution in [2.24, 2.45) is 34.0 Å². The molecule has 128 valence electrons. The van der Waals surface area contributed by atoms with Gasteiger partial charge in [-0.05, 0) is 61.7 Å². The van der Waals surface area contributed by atoms with Gasteiger partial charge in [0.2, 0.25) is 0 Å². The molecule has 0 aromatic rings. The van der Waals surface area contributed by atoms with E-state index in [1.165, 1.54) is 0 Å². The predicted octanol–water partition coefficient (Wildman–Crippen LogP) is 3.53. The maximum atomic E-state index is 12.4. The predicted molar refractivity (Wildman–Crippen MR) is 87.8 cm³/mol. The van der Waals surface area contributed by atoms with Crippen LogP contribution in [0.3, 0.4) is 0 Å². The molecule has 0 aromatic carbocycles. The topological polar surface area (TPSA) is 54.4 Å². The number of aliphatic hydroxyl groups excluding tert-OH is 1. The lowest BCUT2D eigenvalue weighted by Gasteiger charge is -2.64. The standard InChI is InChI=1S/C20H30O3/c1-18-8-6-14-15-3-4-17(23)19(15,2)9-7-16(14)20(18,12-21)10-5-13(22)11-18/h14-16,21H,3-12H2,1-2H3/t14-,15-,16-,18+,19+,20+/m1/s1. The lowest BCUT2D eigenvalue weighted by Crippen LogP contribution is -2.60. The highest BCUT2D eigenvalue weighted by Gasteiger charge is 2.64. The third kappa shape index (κ3) is 1.86. The van der Waals surface area contributed by atoms with Gasteiger partial charge in [-0.25, -0.2) is 0 Å². The van der Waals surface area contributed by atoms with Gasteiger partial charge < -0.3 is 5.11 Å². The van der Waals surface area contributed by atoms with E-state index < -0.39 is 0 Å². The molecule has 0 spiro atoms. The highest BCUT2D eigenvalue weighted by molar-refractivity contribution is 5.87. The fraction of sp³-hybridized carbons (Fsp3) is 0.900. The number of hydrogen-bond acceptors (Lipinski definition) is 3. The molecule has 4 aliphatic carbocycles. The van der Waals surface area contributed by atoms with Crippen molar-refractivity contribution in [1.82, 2.24) is 0 Å². The number of ketones is 2. The Balaban J connectivity index is 1.72. The van der Waals surface area contributed by atoms with E-state index in [4.69, 9.17) is 0 Å². The minimum absolute atomic E-state index is 0.0331.